The minimum absolute atomic E-state index is 0.0929. The third-order valence-electron chi connectivity index (χ3n) is 3.96. The van der Waals surface area contributed by atoms with E-state index in [1.54, 1.807) is 0 Å². The van der Waals surface area contributed by atoms with Crippen molar-refractivity contribution in [1.29, 1.82) is 0 Å². The summed E-state index contributed by atoms with van der Waals surface area (Å²) in [5, 5.41) is 0. The van der Waals surface area contributed by atoms with Gasteiger partial charge in [-0.1, -0.05) is 0 Å². The zero-order valence-electron chi connectivity index (χ0n) is 16.3. The maximum absolute atomic E-state index is 3.54. The van der Waals surface area contributed by atoms with Crippen molar-refractivity contribution in [2.75, 3.05) is 0 Å². The fraction of sp³-hybridized carbons (Fsp3) is 0.842. The van der Waals surface area contributed by atoms with Gasteiger partial charge in [0.05, 0.1) is 0 Å². The molecular formula is C19H36N2Pd. The molecule has 0 saturated carbocycles. The number of imidazole rings is 1. The molecule has 0 aliphatic carbocycles. The van der Waals surface area contributed by atoms with Crippen molar-refractivity contribution in [1.82, 2.24) is 9.13 Å². The van der Waals surface area contributed by atoms with E-state index >= 15 is 0 Å². The second kappa shape index (κ2) is 6.06. The summed E-state index contributed by atoms with van der Waals surface area (Å²) in [6.45, 7) is 23.2. The van der Waals surface area contributed by atoms with Gasteiger partial charge in [0, 0.05) is 0 Å². The van der Waals surface area contributed by atoms with Crippen molar-refractivity contribution < 1.29 is 18.7 Å². The molecule has 0 radical (unpaired) electrons. The molecule has 0 fully saturated rings. The monoisotopic (exact) mass is 398 g/mol. The zero-order valence-corrected chi connectivity index (χ0v) is 17.8. The zero-order chi connectivity index (χ0) is 17.6. The molecule has 1 rings (SSSR count). The van der Waals surface area contributed by atoms with Gasteiger partial charge in [0.15, 0.2) is 0 Å². The van der Waals surface area contributed by atoms with Crippen LogP contribution in [-0.4, -0.2) is 9.13 Å². The summed E-state index contributed by atoms with van der Waals surface area (Å²) in [4.78, 5) is 0. The van der Waals surface area contributed by atoms with Crippen molar-refractivity contribution in [3.05, 3.63) is 16.3 Å². The summed E-state index contributed by atoms with van der Waals surface area (Å²) in [5.74, 6) is 0. The van der Waals surface area contributed by atoms with Gasteiger partial charge in [-0.05, 0) is 0 Å². The maximum atomic E-state index is 3.54. The van der Waals surface area contributed by atoms with Gasteiger partial charge < -0.3 is 0 Å². The van der Waals surface area contributed by atoms with E-state index in [0.717, 1.165) is 12.8 Å². The van der Waals surface area contributed by atoms with Gasteiger partial charge in [0.25, 0.3) is 0 Å². The molecule has 1 heterocycles. The van der Waals surface area contributed by atoms with Crippen LogP contribution in [0.5, 0.6) is 0 Å². The molecule has 2 nitrogen and oxygen atoms in total. The molecule has 1 aromatic rings. The van der Waals surface area contributed by atoms with Crippen LogP contribution < -0.4 is 0 Å². The molecule has 3 heteroatoms. The van der Waals surface area contributed by atoms with Crippen LogP contribution in [0.4, 0.5) is 0 Å². The molecule has 0 saturated heterocycles. The average Bonchev–Trinajstić information content (AvgIpc) is 2.52. The van der Waals surface area contributed by atoms with Gasteiger partial charge in [-0.15, -0.1) is 0 Å². The van der Waals surface area contributed by atoms with E-state index in [-0.39, 0.29) is 11.1 Å². The Hall–Kier alpha value is -0.128. The molecule has 0 bridgehead atoms. The Kier molecular flexibility index (Phi) is 5.49. The van der Waals surface area contributed by atoms with Gasteiger partial charge in [-0.25, -0.2) is 0 Å². The van der Waals surface area contributed by atoms with E-state index in [4.69, 9.17) is 0 Å². The number of rotatable bonds is 4. The Balaban J connectivity index is 3.21. The normalized spacial score (nSPS) is 14.5. The third kappa shape index (κ3) is 5.21. The number of nitrogens with zero attached hydrogens (tertiary/aromatic N) is 2. The minimum atomic E-state index is 0.0929. The van der Waals surface area contributed by atoms with Gasteiger partial charge in [-0.3, -0.25) is 0 Å². The van der Waals surface area contributed by atoms with Crippen LogP contribution in [0.2, 0.25) is 0 Å². The molecule has 0 aliphatic rings. The summed E-state index contributed by atoms with van der Waals surface area (Å²) in [6, 6.07) is 0. The Morgan fingerprint density at radius 1 is 0.682 bits per heavy atom. The Morgan fingerprint density at radius 2 is 0.955 bits per heavy atom. The Labute approximate surface area is 148 Å². The topological polar surface area (TPSA) is 9.86 Å². The van der Waals surface area contributed by atoms with E-state index in [1.807, 2.05) is 0 Å². The molecule has 0 unspecified atom stereocenters. The van der Waals surface area contributed by atoms with Gasteiger partial charge >= 0.3 is 148 Å². The van der Waals surface area contributed by atoms with Crippen molar-refractivity contribution >= 4 is 0 Å². The predicted molar refractivity (Wildman–Crippen MR) is 92.5 cm³/mol. The van der Waals surface area contributed by atoms with Crippen LogP contribution >= 0.6 is 0 Å². The predicted octanol–water partition coefficient (Wildman–Crippen LogP) is 5.71. The number of aromatic nitrogens is 2. The molecule has 1 aromatic heterocycles. The molecule has 0 aliphatic heterocycles. The van der Waals surface area contributed by atoms with Crippen LogP contribution in [0.1, 0.15) is 82.1 Å². The fourth-order valence-corrected chi connectivity index (χ4v) is 5.17. The molecule has 132 valence electrons. The molecular weight excluding hydrogens is 363 g/mol. The molecule has 22 heavy (non-hydrogen) atoms. The summed E-state index contributed by atoms with van der Waals surface area (Å²) in [7, 11) is 0. The second-order valence-electron chi connectivity index (χ2n) is 10.4. The Morgan fingerprint density at radius 3 is 1.18 bits per heavy atom. The van der Waals surface area contributed by atoms with E-state index in [2.05, 4.69) is 110 Å². The van der Waals surface area contributed by atoms with Crippen LogP contribution in [-0.2, 0) is 29.8 Å². The van der Waals surface area contributed by atoms with Crippen molar-refractivity contribution in [2.45, 2.75) is 93.2 Å². The quantitative estimate of drug-likeness (QED) is 0.575. The fourth-order valence-electron chi connectivity index (χ4n) is 3.99. The molecule has 0 N–H and O–H groups in total. The SMILES string of the molecule is CC(C)(C)CC(C)(C)n1ccn(C(C)(C)CC(C)(C)C)[c]1=[Pd]. The first-order valence-electron chi connectivity index (χ1n) is 8.32. The molecule has 0 amide bonds. The van der Waals surface area contributed by atoms with Crippen LogP contribution in [0.25, 0.3) is 0 Å². The van der Waals surface area contributed by atoms with Crippen LogP contribution in [0.3, 0.4) is 0 Å². The van der Waals surface area contributed by atoms with Crippen LogP contribution in [0, 0.1) is 14.7 Å². The standard InChI is InChI=1S/C19H36N2.Pd/c1-16(2,3)13-18(7,8)20-11-12-21(15-20)19(9,10)14-17(4,5)6;/h11-12H,13-14H2,1-10H3;. The first kappa shape index (κ1) is 19.9. The van der Waals surface area contributed by atoms with E-state index in [1.165, 1.54) is 3.89 Å². The summed E-state index contributed by atoms with van der Waals surface area (Å²) in [5.41, 5.74) is 0.803. The number of hydrogen-bond donors (Lipinski definition) is 0. The average molecular weight is 399 g/mol. The third-order valence-corrected chi connectivity index (χ3v) is 4.71. The first-order chi connectivity index (χ1) is 9.55. The summed E-state index contributed by atoms with van der Waals surface area (Å²) in [6.07, 6.45) is 6.74. The van der Waals surface area contributed by atoms with Crippen LogP contribution in [0.15, 0.2) is 12.4 Å². The van der Waals surface area contributed by atoms with Crippen molar-refractivity contribution in [2.24, 2.45) is 10.8 Å². The molecule has 0 spiro atoms. The van der Waals surface area contributed by atoms with Crippen molar-refractivity contribution in [3.8, 4) is 0 Å². The van der Waals surface area contributed by atoms with E-state index < -0.39 is 0 Å². The summed E-state index contributed by atoms with van der Waals surface area (Å²) >= 11 is 3.54. The van der Waals surface area contributed by atoms with E-state index in [9.17, 15) is 0 Å². The molecule has 0 atom stereocenters. The number of hydrogen-bond acceptors (Lipinski definition) is 0. The van der Waals surface area contributed by atoms with Crippen molar-refractivity contribution in [3.63, 3.8) is 0 Å². The molecule has 0 aromatic carbocycles. The first-order valence-corrected chi connectivity index (χ1v) is 9.09. The summed E-state index contributed by atoms with van der Waals surface area (Å²) < 4.78 is 5.99. The van der Waals surface area contributed by atoms with Gasteiger partial charge in [0.1, 0.15) is 0 Å². The van der Waals surface area contributed by atoms with Gasteiger partial charge in [0.2, 0.25) is 0 Å². The van der Waals surface area contributed by atoms with E-state index in [0.29, 0.717) is 10.8 Å². The Bertz CT molecular complexity index is 511. The van der Waals surface area contributed by atoms with Gasteiger partial charge in [-0.2, -0.15) is 0 Å². The second-order valence-corrected chi connectivity index (χ2v) is 11.1.